The average molecular weight is 366 g/mol. The first kappa shape index (κ1) is 19.5. The van der Waals surface area contributed by atoms with Gasteiger partial charge in [-0.25, -0.2) is 4.79 Å². The van der Waals surface area contributed by atoms with Gasteiger partial charge in [-0.3, -0.25) is 4.90 Å². The fraction of sp³-hybridized carbons (Fsp3) is 0.458. The lowest BCUT2D eigenvalue weighted by atomic mass is 9.75. The third kappa shape index (κ3) is 3.24. The Bertz CT molecular complexity index is 717. The maximum atomic E-state index is 13.2. The smallest absolute Gasteiger partial charge is 0.411 e. The lowest BCUT2D eigenvalue weighted by molar-refractivity contribution is 0.0508. The average Bonchev–Trinajstić information content (AvgIpc) is 3.02. The van der Waals surface area contributed by atoms with Crippen LogP contribution in [0.4, 0.5) is 4.79 Å². The van der Waals surface area contributed by atoms with Crippen LogP contribution in [0.25, 0.3) is 0 Å². The van der Waals surface area contributed by atoms with Crippen molar-refractivity contribution in [2.45, 2.75) is 58.7 Å². The number of carbonyl (C=O) groups excluding carboxylic acids is 1. The summed E-state index contributed by atoms with van der Waals surface area (Å²) in [5.74, 6) is 0.643. The van der Waals surface area contributed by atoms with E-state index in [0.29, 0.717) is 5.92 Å². The van der Waals surface area contributed by atoms with Crippen LogP contribution in [0, 0.1) is 11.8 Å². The highest BCUT2D eigenvalue weighted by atomic mass is 16.6. The summed E-state index contributed by atoms with van der Waals surface area (Å²) in [6.07, 6.45) is 0.814. The topological polar surface area (TPSA) is 29.5 Å². The Balaban J connectivity index is 2.22. The standard InChI is InChI=1S/C24H31NO2/c1-6-18(4)19(5)25-22(17(2)3)24(27-23(25)26,20-13-9-7-10-14-20)21-15-11-8-12-16-21/h7-19,22H,6H2,1-5H3. The Morgan fingerprint density at radius 2 is 1.41 bits per heavy atom. The van der Waals surface area contributed by atoms with E-state index in [1.807, 2.05) is 41.3 Å². The van der Waals surface area contributed by atoms with Crippen molar-refractivity contribution in [2.75, 3.05) is 0 Å². The largest absolute Gasteiger partial charge is 0.431 e. The van der Waals surface area contributed by atoms with Crippen molar-refractivity contribution in [3.63, 3.8) is 0 Å². The number of benzene rings is 2. The van der Waals surface area contributed by atoms with Gasteiger partial charge in [0.25, 0.3) is 0 Å². The van der Waals surface area contributed by atoms with Gasteiger partial charge in [-0.15, -0.1) is 0 Å². The molecule has 0 N–H and O–H groups in total. The SMILES string of the molecule is CCC(C)C(C)N1C(=O)OC(c2ccccc2)(c2ccccc2)C1C(C)C. The number of hydrogen-bond donors (Lipinski definition) is 0. The summed E-state index contributed by atoms with van der Waals surface area (Å²) in [7, 11) is 0. The second-order valence-electron chi connectivity index (χ2n) is 8.06. The lowest BCUT2D eigenvalue weighted by Gasteiger charge is -2.41. The van der Waals surface area contributed by atoms with Gasteiger partial charge in [0.1, 0.15) is 0 Å². The van der Waals surface area contributed by atoms with Crippen LogP contribution in [0.1, 0.15) is 52.2 Å². The molecule has 0 radical (unpaired) electrons. The third-order valence-corrected chi connectivity index (χ3v) is 6.12. The normalized spacial score (nSPS) is 21.2. The van der Waals surface area contributed by atoms with E-state index < -0.39 is 5.60 Å². The number of cyclic esters (lactones) is 1. The van der Waals surface area contributed by atoms with Crippen molar-refractivity contribution in [2.24, 2.45) is 11.8 Å². The predicted molar refractivity (Wildman–Crippen MR) is 110 cm³/mol. The minimum absolute atomic E-state index is 0.0706. The molecule has 2 aromatic carbocycles. The molecule has 144 valence electrons. The molecular formula is C24H31NO2. The van der Waals surface area contributed by atoms with Crippen LogP contribution in [0.15, 0.2) is 60.7 Å². The molecule has 3 unspecified atom stereocenters. The second kappa shape index (κ2) is 7.75. The molecule has 1 aliphatic rings. The number of carbonyl (C=O) groups is 1. The monoisotopic (exact) mass is 365 g/mol. The van der Waals surface area contributed by atoms with E-state index in [-0.39, 0.29) is 24.1 Å². The Hall–Kier alpha value is -2.29. The van der Waals surface area contributed by atoms with Crippen molar-refractivity contribution >= 4 is 6.09 Å². The van der Waals surface area contributed by atoms with Gasteiger partial charge in [-0.1, -0.05) is 94.8 Å². The Kier molecular flexibility index (Phi) is 5.59. The summed E-state index contributed by atoms with van der Waals surface area (Å²) < 4.78 is 6.31. The summed E-state index contributed by atoms with van der Waals surface area (Å²) in [4.78, 5) is 15.2. The van der Waals surface area contributed by atoms with Crippen LogP contribution < -0.4 is 0 Å². The molecule has 3 heteroatoms. The van der Waals surface area contributed by atoms with Crippen LogP contribution in [-0.4, -0.2) is 23.1 Å². The van der Waals surface area contributed by atoms with Crippen LogP contribution in [0.5, 0.6) is 0 Å². The third-order valence-electron chi connectivity index (χ3n) is 6.12. The molecule has 2 aromatic rings. The van der Waals surface area contributed by atoms with Crippen molar-refractivity contribution in [1.82, 2.24) is 4.90 Å². The zero-order valence-electron chi connectivity index (χ0n) is 17.1. The highest BCUT2D eigenvalue weighted by Crippen LogP contribution is 2.48. The first-order valence-electron chi connectivity index (χ1n) is 10.1. The summed E-state index contributed by atoms with van der Waals surface area (Å²) in [6, 6.07) is 20.4. The molecule has 0 bridgehead atoms. The Morgan fingerprint density at radius 3 is 1.81 bits per heavy atom. The molecule has 1 amide bonds. The van der Waals surface area contributed by atoms with Crippen LogP contribution in [-0.2, 0) is 10.3 Å². The van der Waals surface area contributed by atoms with E-state index in [0.717, 1.165) is 17.5 Å². The fourth-order valence-corrected chi connectivity index (χ4v) is 4.38. The van der Waals surface area contributed by atoms with Gasteiger partial charge >= 0.3 is 6.09 Å². The number of rotatable bonds is 6. The minimum atomic E-state index is -0.796. The van der Waals surface area contributed by atoms with Crippen LogP contribution >= 0.6 is 0 Å². The van der Waals surface area contributed by atoms with Gasteiger partial charge in [0.2, 0.25) is 0 Å². The zero-order chi connectivity index (χ0) is 19.6. The minimum Gasteiger partial charge on any atom is -0.431 e. The molecule has 0 aliphatic carbocycles. The first-order valence-corrected chi connectivity index (χ1v) is 10.1. The van der Waals surface area contributed by atoms with Gasteiger partial charge in [0.05, 0.1) is 6.04 Å². The van der Waals surface area contributed by atoms with Crippen molar-refractivity contribution in [3.05, 3.63) is 71.8 Å². The molecule has 27 heavy (non-hydrogen) atoms. The number of ether oxygens (including phenoxy) is 1. The van der Waals surface area contributed by atoms with Gasteiger partial charge in [0, 0.05) is 17.2 Å². The maximum absolute atomic E-state index is 13.2. The van der Waals surface area contributed by atoms with Crippen molar-refractivity contribution < 1.29 is 9.53 Å². The summed E-state index contributed by atoms with van der Waals surface area (Å²) in [6.45, 7) is 10.9. The number of hydrogen-bond acceptors (Lipinski definition) is 2. The summed E-state index contributed by atoms with van der Waals surface area (Å²) in [5, 5.41) is 0. The quantitative estimate of drug-likeness (QED) is 0.643. The van der Waals surface area contributed by atoms with Gasteiger partial charge in [-0.2, -0.15) is 0 Å². The van der Waals surface area contributed by atoms with E-state index >= 15 is 0 Å². The van der Waals surface area contributed by atoms with Gasteiger partial charge < -0.3 is 4.74 Å². The Labute approximate surface area is 163 Å². The van der Waals surface area contributed by atoms with E-state index in [1.54, 1.807) is 0 Å². The van der Waals surface area contributed by atoms with E-state index in [9.17, 15) is 4.79 Å². The zero-order valence-corrected chi connectivity index (χ0v) is 17.1. The second-order valence-corrected chi connectivity index (χ2v) is 8.06. The lowest BCUT2D eigenvalue weighted by Crippen LogP contribution is -2.52. The summed E-state index contributed by atoms with van der Waals surface area (Å²) in [5.41, 5.74) is 1.26. The van der Waals surface area contributed by atoms with Gasteiger partial charge in [-0.05, 0) is 18.8 Å². The Morgan fingerprint density at radius 1 is 0.926 bits per heavy atom. The number of nitrogens with zero attached hydrogens (tertiary/aromatic N) is 1. The van der Waals surface area contributed by atoms with Crippen molar-refractivity contribution in [3.8, 4) is 0 Å². The fourth-order valence-electron chi connectivity index (χ4n) is 4.38. The molecule has 3 atom stereocenters. The molecule has 1 saturated heterocycles. The molecule has 0 saturated carbocycles. The maximum Gasteiger partial charge on any atom is 0.411 e. The molecule has 1 aliphatic heterocycles. The first-order chi connectivity index (χ1) is 12.9. The van der Waals surface area contributed by atoms with Crippen LogP contribution in [0.3, 0.4) is 0 Å². The summed E-state index contributed by atoms with van der Waals surface area (Å²) >= 11 is 0. The van der Waals surface area contributed by atoms with E-state index in [4.69, 9.17) is 4.74 Å². The molecule has 3 nitrogen and oxygen atoms in total. The molecule has 1 heterocycles. The molecule has 3 rings (SSSR count). The highest BCUT2D eigenvalue weighted by molar-refractivity contribution is 5.74. The van der Waals surface area contributed by atoms with Crippen LogP contribution in [0.2, 0.25) is 0 Å². The van der Waals surface area contributed by atoms with Crippen molar-refractivity contribution in [1.29, 1.82) is 0 Å². The molecule has 0 spiro atoms. The highest BCUT2D eigenvalue weighted by Gasteiger charge is 2.58. The van der Waals surface area contributed by atoms with Gasteiger partial charge in [0.15, 0.2) is 5.60 Å². The molecule has 0 aromatic heterocycles. The number of amides is 1. The predicted octanol–water partition coefficient (Wildman–Crippen LogP) is 5.84. The molecular weight excluding hydrogens is 334 g/mol. The molecule has 1 fully saturated rings. The van der Waals surface area contributed by atoms with E-state index in [2.05, 4.69) is 58.9 Å². The van der Waals surface area contributed by atoms with E-state index in [1.165, 1.54) is 0 Å².